The van der Waals surface area contributed by atoms with E-state index in [9.17, 15) is 8.42 Å². The molecule has 0 radical (unpaired) electrons. The normalized spacial score (nSPS) is 22.0. The Bertz CT molecular complexity index is 768. The smallest absolute Gasteiger partial charge is 0.240 e. The minimum atomic E-state index is -3.44. The van der Waals surface area contributed by atoms with Gasteiger partial charge in [0.05, 0.1) is 10.4 Å². The van der Waals surface area contributed by atoms with Gasteiger partial charge in [-0.1, -0.05) is 6.92 Å². The van der Waals surface area contributed by atoms with Gasteiger partial charge in [0.25, 0.3) is 0 Å². The number of rotatable bonds is 4. The molecule has 0 spiro atoms. The van der Waals surface area contributed by atoms with Crippen LogP contribution >= 0.6 is 0 Å². The summed E-state index contributed by atoms with van der Waals surface area (Å²) < 4.78 is 27.5. The lowest BCUT2D eigenvalue weighted by Crippen LogP contribution is -2.43. The molecule has 1 fully saturated rings. The molecule has 1 aromatic heterocycles. The monoisotopic (exact) mass is 305 g/mol. The maximum Gasteiger partial charge on any atom is 0.240 e. The average molecular weight is 305 g/mol. The Labute approximate surface area is 124 Å². The molecule has 1 aromatic carbocycles. The second kappa shape index (κ2) is 5.27. The van der Waals surface area contributed by atoms with Crippen LogP contribution < -0.4 is 10.0 Å². The van der Waals surface area contributed by atoms with Crippen molar-refractivity contribution < 1.29 is 8.42 Å². The van der Waals surface area contributed by atoms with Gasteiger partial charge in [-0.3, -0.25) is 0 Å². The first kappa shape index (κ1) is 14.3. The van der Waals surface area contributed by atoms with Crippen molar-refractivity contribution in [1.29, 1.82) is 0 Å². The number of fused-ring (bicyclic) bond motifs is 1. The highest BCUT2D eigenvalue weighted by Gasteiger charge is 2.29. The number of anilines is 1. The highest BCUT2D eigenvalue weighted by Crippen LogP contribution is 2.28. The quantitative estimate of drug-likeness (QED) is 0.909. The molecule has 21 heavy (non-hydrogen) atoms. The zero-order valence-electron chi connectivity index (χ0n) is 12.1. The molecule has 3 rings (SSSR count). The van der Waals surface area contributed by atoms with E-state index >= 15 is 0 Å². The van der Waals surface area contributed by atoms with Gasteiger partial charge in [-0.15, -0.1) is 0 Å². The molecule has 1 heterocycles. The lowest BCUT2D eigenvalue weighted by atomic mass is 9.83. The molecule has 112 valence electrons. The summed E-state index contributed by atoms with van der Waals surface area (Å²) in [5, 5.41) is 3.79. The van der Waals surface area contributed by atoms with Crippen LogP contribution in [0, 0.1) is 5.92 Å². The topological polar surface area (TPSA) is 71.1 Å². The lowest BCUT2D eigenvalue weighted by Gasteiger charge is -2.32. The summed E-state index contributed by atoms with van der Waals surface area (Å²) in [6, 6.07) is 8.81. The van der Waals surface area contributed by atoms with E-state index in [1.54, 1.807) is 25.2 Å². The van der Waals surface area contributed by atoms with Crippen molar-refractivity contribution >= 4 is 26.7 Å². The van der Waals surface area contributed by atoms with E-state index in [2.05, 4.69) is 21.9 Å². The van der Waals surface area contributed by atoms with E-state index in [0.717, 1.165) is 29.6 Å². The van der Waals surface area contributed by atoms with Crippen molar-refractivity contribution in [2.45, 2.75) is 30.7 Å². The summed E-state index contributed by atoms with van der Waals surface area (Å²) >= 11 is 0. The third-order valence-corrected chi connectivity index (χ3v) is 5.44. The standard InChI is InChI=1S/C15H19N3O2S/c1-10-7-12(8-10)18-21(19,20)13-4-5-14-11(9-13)3-6-15(16-2)17-14/h3-6,9-10,12,18H,7-8H2,1-2H3,(H,16,17). The predicted octanol–water partition coefficient (Wildman–Crippen LogP) is 2.35. The van der Waals surface area contributed by atoms with Gasteiger partial charge < -0.3 is 5.32 Å². The van der Waals surface area contributed by atoms with Gasteiger partial charge in [-0.25, -0.2) is 18.1 Å². The minimum absolute atomic E-state index is 0.0745. The van der Waals surface area contributed by atoms with Crippen LogP contribution in [-0.4, -0.2) is 26.5 Å². The molecule has 1 aliphatic rings. The predicted molar refractivity (Wildman–Crippen MR) is 83.8 cm³/mol. The third kappa shape index (κ3) is 2.87. The Morgan fingerprint density at radius 3 is 2.62 bits per heavy atom. The van der Waals surface area contributed by atoms with Gasteiger partial charge in [-0.2, -0.15) is 0 Å². The van der Waals surface area contributed by atoms with Crippen LogP contribution in [0.25, 0.3) is 10.9 Å². The summed E-state index contributed by atoms with van der Waals surface area (Å²) in [4.78, 5) is 4.69. The van der Waals surface area contributed by atoms with Crippen LogP contribution in [-0.2, 0) is 10.0 Å². The van der Waals surface area contributed by atoms with Crippen LogP contribution in [0.15, 0.2) is 35.2 Å². The van der Waals surface area contributed by atoms with E-state index in [4.69, 9.17) is 0 Å². The first-order chi connectivity index (χ1) is 9.98. The first-order valence-electron chi connectivity index (χ1n) is 7.09. The maximum absolute atomic E-state index is 12.4. The van der Waals surface area contributed by atoms with Crippen LogP contribution in [0.4, 0.5) is 5.82 Å². The van der Waals surface area contributed by atoms with Crippen LogP contribution in [0.3, 0.4) is 0 Å². The Morgan fingerprint density at radius 2 is 1.95 bits per heavy atom. The fraction of sp³-hybridized carbons (Fsp3) is 0.400. The van der Waals surface area contributed by atoms with Crippen molar-refractivity contribution in [2.24, 2.45) is 5.92 Å². The molecule has 0 unspecified atom stereocenters. The highest BCUT2D eigenvalue weighted by molar-refractivity contribution is 7.89. The van der Waals surface area contributed by atoms with E-state index in [0.29, 0.717) is 10.8 Å². The van der Waals surface area contributed by atoms with E-state index in [-0.39, 0.29) is 6.04 Å². The van der Waals surface area contributed by atoms with Crippen molar-refractivity contribution in [3.05, 3.63) is 30.3 Å². The molecule has 0 atom stereocenters. The van der Waals surface area contributed by atoms with Gasteiger partial charge in [0, 0.05) is 18.5 Å². The molecule has 2 N–H and O–H groups in total. The van der Waals surface area contributed by atoms with E-state index < -0.39 is 10.0 Å². The zero-order valence-corrected chi connectivity index (χ0v) is 12.9. The molecule has 1 aliphatic carbocycles. The van der Waals surface area contributed by atoms with Gasteiger partial charge in [0.1, 0.15) is 5.82 Å². The summed E-state index contributed by atoms with van der Waals surface area (Å²) in [5.74, 6) is 1.37. The Hall–Kier alpha value is -1.66. The van der Waals surface area contributed by atoms with Gasteiger partial charge in [0.15, 0.2) is 0 Å². The Balaban J connectivity index is 1.89. The van der Waals surface area contributed by atoms with E-state index in [1.807, 2.05) is 12.1 Å². The third-order valence-electron chi connectivity index (χ3n) is 3.92. The van der Waals surface area contributed by atoms with Crippen LogP contribution in [0.2, 0.25) is 0 Å². The molecule has 0 saturated heterocycles. The molecular formula is C15H19N3O2S. The summed E-state index contributed by atoms with van der Waals surface area (Å²) in [6.07, 6.45) is 1.83. The molecule has 6 heteroatoms. The SMILES string of the molecule is CNc1ccc2cc(S(=O)(=O)NC3CC(C)C3)ccc2n1. The van der Waals surface area contributed by atoms with Gasteiger partial charge >= 0.3 is 0 Å². The largest absolute Gasteiger partial charge is 0.373 e. The number of nitrogens with zero attached hydrogens (tertiary/aromatic N) is 1. The Kier molecular flexibility index (Phi) is 3.59. The first-order valence-corrected chi connectivity index (χ1v) is 8.57. The summed E-state index contributed by atoms with van der Waals surface area (Å²) in [7, 11) is -1.64. The van der Waals surface area contributed by atoms with Gasteiger partial charge in [0.2, 0.25) is 10.0 Å². The second-order valence-corrected chi connectivity index (χ2v) is 7.41. The minimum Gasteiger partial charge on any atom is -0.373 e. The average Bonchev–Trinajstić information content (AvgIpc) is 2.44. The maximum atomic E-state index is 12.4. The highest BCUT2D eigenvalue weighted by atomic mass is 32.2. The van der Waals surface area contributed by atoms with Crippen molar-refractivity contribution in [1.82, 2.24) is 9.71 Å². The van der Waals surface area contributed by atoms with Crippen LogP contribution in [0.5, 0.6) is 0 Å². The number of pyridine rings is 1. The van der Waals surface area contributed by atoms with E-state index in [1.165, 1.54) is 0 Å². The van der Waals surface area contributed by atoms with Gasteiger partial charge in [-0.05, 0) is 49.1 Å². The molecule has 2 aromatic rings. The second-order valence-electron chi connectivity index (χ2n) is 5.70. The van der Waals surface area contributed by atoms with Crippen molar-refractivity contribution in [3.63, 3.8) is 0 Å². The molecule has 1 saturated carbocycles. The number of nitrogens with one attached hydrogen (secondary N) is 2. The Morgan fingerprint density at radius 1 is 1.19 bits per heavy atom. The molecule has 0 amide bonds. The molecular weight excluding hydrogens is 286 g/mol. The fourth-order valence-corrected chi connectivity index (χ4v) is 3.99. The fourth-order valence-electron chi connectivity index (χ4n) is 2.70. The zero-order chi connectivity index (χ0) is 15.0. The number of aromatic nitrogens is 1. The number of hydrogen-bond donors (Lipinski definition) is 2. The number of sulfonamides is 1. The summed E-state index contributed by atoms with van der Waals surface area (Å²) in [6.45, 7) is 2.13. The molecule has 0 aliphatic heterocycles. The number of benzene rings is 1. The molecule has 0 bridgehead atoms. The molecule has 5 nitrogen and oxygen atoms in total. The van der Waals surface area contributed by atoms with Crippen molar-refractivity contribution in [3.8, 4) is 0 Å². The lowest BCUT2D eigenvalue weighted by molar-refractivity contribution is 0.270. The van der Waals surface area contributed by atoms with Crippen molar-refractivity contribution in [2.75, 3.05) is 12.4 Å². The summed E-state index contributed by atoms with van der Waals surface area (Å²) in [5.41, 5.74) is 0.776. The van der Waals surface area contributed by atoms with Crippen LogP contribution in [0.1, 0.15) is 19.8 Å². The number of hydrogen-bond acceptors (Lipinski definition) is 4.